The number of nitrogens with one attached hydrogen (secondary N) is 1. The average molecular weight is 440 g/mol. The van der Waals surface area contributed by atoms with Gasteiger partial charge in [0.2, 0.25) is 0 Å². The van der Waals surface area contributed by atoms with Gasteiger partial charge < -0.3 is 16.8 Å². The van der Waals surface area contributed by atoms with E-state index in [0.29, 0.717) is 29.0 Å². The minimum atomic E-state index is -0.561. The predicted octanol–water partition coefficient (Wildman–Crippen LogP) is 3.14. The molecule has 8 heteroatoms. The molecule has 5 N–H and O–H groups in total. The van der Waals surface area contributed by atoms with Crippen molar-refractivity contribution in [3.05, 3.63) is 66.1 Å². The lowest BCUT2D eigenvalue weighted by Crippen LogP contribution is -2.38. The number of pyridine rings is 1. The summed E-state index contributed by atoms with van der Waals surface area (Å²) in [6, 6.07) is 14.9. The molecule has 0 saturated carbocycles. The van der Waals surface area contributed by atoms with Crippen molar-refractivity contribution in [3.8, 4) is 22.4 Å². The van der Waals surface area contributed by atoms with Crippen LogP contribution in [0.3, 0.4) is 0 Å². The molecule has 166 valence electrons. The van der Waals surface area contributed by atoms with Gasteiger partial charge >= 0.3 is 0 Å². The van der Waals surface area contributed by atoms with Crippen LogP contribution in [0.25, 0.3) is 28.0 Å². The number of carbonyl (C=O) groups is 1. The van der Waals surface area contributed by atoms with Crippen molar-refractivity contribution in [1.82, 2.24) is 24.9 Å². The maximum absolute atomic E-state index is 12.4. The number of hydrogen-bond acceptors (Lipinski definition) is 6. The molecule has 4 aromatic rings. The molecule has 0 radical (unpaired) electrons. The zero-order chi connectivity index (χ0) is 22.5. The van der Waals surface area contributed by atoms with E-state index in [2.05, 4.69) is 15.4 Å². The normalized spacial score (nSPS) is 22.0. The molecular formula is C25H25N7O. The second kappa shape index (κ2) is 7.67. The van der Waals surface area contributed by atoms with Gasteiger partial charge in [0, 0.05) is 40.9 Å². The maximum Gasteiger partial charge on any atom is 0.254 e. The van der Waals surface area contributed by atoms with Crippen LogP contribution in [0.5, 0.6) is 0 Å². The van der Waals surface area contributed by atoms with E-state index in [0.717, 1.165) is 48.1 Å². The van der Waals surface area contributed by atoms with Crippen LogP contribution in [0.15, 0.2) is 54.9 Å². The molecule has 2 unspecified atom stereocenters. The lowest BCUT2D eigenvalue weighted by atomic mass is 9.87. The van der Waals surface area contributed by atoms with Crippen LogP contribution in [-0.4, -0.2) is 37.6 Å². The number of carbonyl (C=O) groups excluding carboxylic acids is 1. The first-order valence-corrected chi connectivity index (χ1v) is 11.3. The predicted molar refractivity (Wildman–Crippen MR) is 127 cm³/mol. The quantitative estimate of drug-likeness (QED) is 0.449. The van der Waals surface area contributed by atoms with Gasteiger partial charge in [-0.15, -0.1) is 0 Å². The Morgan fingerprint density at radius 3 is 2.42 bits per heavy atom. The van der Waals surface area contributed by atoms with Crippen LogP contribution in [0.2, 0.25) is 0 Å². The highest BCUT2D eigenvalue weighted by Gasteiger charge is 2.37. The number of amides is 1. The highest BCUT2D eigenvalue weighted by Crippen LogP contribution is 2.39. The van der Waals surface area contributed by atoms with E-state index < -0.39 is 5.91 Å². The Hall–Kier alpha value is -3.78. The Kier molecular flexibility index (Phi) is 4.62. The van der Waals surface area contributed by atoms with E-state index in [-0.39, 0.29) is 11.7 Å². The average Bonchev–Trinajstić information content (AvgIpc) is 3.42. The standard InChI is InChI=1S/C25H25N7O/c26-23-21(24(27)33)22(16-10-17-7-8-18(11-16)30-17)31-25-19(13-29-32(23)25)15-6-9-20(28-12-15)14-4-2-1-3-5-14/h1-6,9,12-13,16-18,30H,7-8,10-11,26H2,(H2,27,33)/t16?,17-,18?/m1/s1. The van der Waals surface area contributed by atoms with E-state index in [1.807, 2.05) is 48.7 Å². The Balaban J connectivity index is 1.45. The van der Waals surface area contributed by atoms with E-state index in [1.165, 1.54) is 4.52 Å². The number of fused-ring (bicyclic) bond motifs is 3. The van der Waals surface area contributed by atoms with E-state index in [4.69, 9.17) is 16.5 Å². The topological polar surface area (TPSA) is 124 Å². The summed E-state index contributed by atoms with van der Waals surface area (Å²) in [7, 11) is 0. The van der Waals surface area contributed by atoms with Gasteiger partial charge in [0.15, 0.2) is 5.65 Å². The fraction of sp³-hybridized carbons (Fsp3) is 0.280. The fourth-order valence-electron chi connectivity index (χ4n) is 5.40. The second-order valence-corrected chi connectivity index (χ2v) is 9.02. The molecule has 0 spiro atoms. The van der Waals surface area contributed by atoms with Crippen LogP contribution >= 0.6 is 0 Å². The van der Waals surface area contributed by atoms with Crippen LogP contribution in [0, 0.1) is 0 Å². The van der Waals surface area contributed by atoms with Gasteiger partial charge in [-0.1, -0.05) is 36.4 Å². The van der Waals surface area contributed by atoms with Crippen molar-refractivity contribution in [2.45, 2.75) is 43.7 Å². The number of benzene rings is 1. The Morgan fingerprint density at radius 2 is 1.76 bits per heavy atom. The lowest BCUT2D eigenvalue weighted by Gasteiger charge is -2.29. The molecule has 33 heavy (non-hydrogen) atoms. The van der Waals surface area contributed by atoms with Crippen LogP contribution in [0.4, 0.5) is 5.82 Å². The van der Waals surface area contributed by atoms with Crippen LogP contribution in [-0.2, 0) is 0 Å². The number of hydrogen-bond donors (Lipinski definition) is 3. The molecule has 8 nitrogen and oxygen atoms in total. The third-order valence-electron chi connectivity index (χ3n) is 6.96. The maximum atomic E-state index is 12.4. The monoisotopic (exact) mass is 439 g/mol. The number of nitrogen functional groups attached to an aromatic ring is 1. The molecule has 1 amide bonds. The first-order chi connectivity index (χ1) is 16.1. The van der Waals surface area contributed by atoms with E-state index in [1.54, 1.807) is 6.20 Å². The largest absolute Gasteiger partial charge is 0.383 e. The van der Waals surface area contributed by atoms with Crippen molar-refractivity contribution < 1.29 is 4.79 Å². The van der Waals surface area contributed by atoms with E-state index in [9.17, 15) is 4.79 Å². The Bertz CT molecular complexity index is 1330. The van der Waals surface area contributed by atoms with Gasteiger partial charge in [-0.25, -0.2) is 4.98 Å². The Labute approximate surface area is 191 Å². The summed E-state index contributed by atoms with van der Waals surface area (Å²) in [5, 5.41) is 8.07. The number of anilines is 1. The van der Waals surface area contributed by atoms with Crippen LogP contribution < -0.4 is 16.8 Å². The smallest absolute Gasteiger partial charge is 0.254 e. The zero-order valence-corrected chi connectivity index (χ0v) is 18.1. The van der Waals surface area contributed by atoms with Crippen molar-refractivity contribution in [1.29, 1.82) is 0 Å². The second-order valence-electron chi connectivity index (χ2n) is 9.02. The summed E-state index contributed by atoms with van der Waals surface area (Å²) in [5.74, 6) is -0.179. The number of primary amides is 1. The molecule has 2 aliphatic rings. The summed E-state index contributed by atoms with van der Waals surface area (Å²) < 4.78 is 1.51. The summed E-state index contributed by atoms with van der Waals surface area (Å²) in [6.07, 6.45) is 7.71. The van der Waals surface area contributed by atoms with Crippen molar-refractivity contribution in [2.24, 2.45) is 5.73 Å². The molecule has 0 aliphatic carbocycles. The molecule has 2 bridgehead atoms. The summed E-state index contributed by atoms with van der Waals surface area (Å²) in [6.45, 7) is 0. The van der Waals surface area contributed by atoms with E-state index >= 15 is 0 Å². The van der Waals surface area contributed by atoms with Crippen molar-refractivity contribution in [2.75, 3.05) is 5.73 Å². The molecular weight excluding hydrogens is 414 g/mol. The number of rotatable bonds is 4. The number of nitrogens with zero attached hydrogens (tertiary/aromatic N) is 4. The fourth-order valence-corrected chi connectivity index (χ4v) is 5.40. The SMILES string of the molecule is NC(=O)c1c(C2CC3CC[C@H](C2)N3)nc2c(-c3ccc(-c4ccccc4)nc3)cnn2c1N. The summed E-state index contributed by atoms with van der Waals surface area (Å²) >= 11 is 0. The van der Waals surface area contributed by atoms with Gasteiger partial charge in [-0.3, -0.25) is 9.78 Å². The zero-order valence-electron chi connectivity index (χ0n) is 18.1. The molecule has 2 aliphatic heterocycles. The third kappa shape index (κ3) is 3.34. The minimum Gasteiger partial charge on any atom is -0.383 e. The number of piperidine rings is 1. The highest BCUT2D eigenvalue weighted by atomic mass is 16.1. The van der Waals surface area contributed by atoms with Gasteiger partial charge in [-0.05, 0) is 31.7 Å². The first kappa shape index (κ1) is 19.9. The van der Waals surface area contributed by atoms with Crippen LogP contribution in [0.1, 0.15) is 47.7 Å². The molecule has 3 aromatic heterocycles. The third-order valence-corrected chi connectivity index (χ3v) is 6.96. The first-order valence-electron chi connectivity index (χ1n) is 11.3. The number of aromatic nitrogens is 4. The molecule has 6 rings (SSSR count). The van der Waals surface area contributed by atoms with Crippen molar-refractivity contribution >= 4 is 17.4 Å². The van der Waals surface area contributed by atoms with Gasteiger partial charge in [0.05, 0.1) is 17.6 Å². The molecule has 5 heterocycles. The Morgan fingerprint density at radius 1 is 1.00 bits per heavy atom. The van der Waals surface area contributed by atoms with Crippen molar-refractivity contribution in [3.63, 3.8) is 0 Å². The molecule has 2 fully saturated rings. The lowest BCUT2D eigenvalue weighted by molar-refractivity contribution is 0.0998. The number of nitrogens with two attached hydrogens (primary N) is 2. The minimum absolute atomic E-state index is 0.139. The summed E-state index contributed by atoms with van der Waals surface area (Å²) in [5.41, 5.74) is 17.5. The van der Waals surface area contributed by atoms with Gasteiger partial charge in [0.25, 0.3) is 5.91 Å². The molecule has 2 saturated heterocycles. The molecule has 3 atom stereocenters. The van der Waals surface area contributed by atoms with Gasteiger partial charge in [-0.2, -0.15) is 9.61 Å². The highest BCUT2D eigenvalue weighted by molar-refractivity contribution is 5.99. The van der Waals surface area contributed by atoms with Gasteiger partial charge in [0.1, 0.15) is 11.4 Å². The summed E-state index contributed by atoms with van der Waals surface area (Å²) in [4.78, 5) is 22.0. The molecule has 1 aromatic carbocycles.